The number of likely N-dealkylation sites (tertiary alicyclic amines) is 1. The number of aliphatic hydroxyl groups is 1. The molecule has 4 amide bonds. The van der Waals surface area contributed by atoms with E-state index in [0.717, 1.165) is 44.4 Å². The van der Waals surface area contributed by atoms with Crippen LogP contribution in [0.1, 0.15) is 128 Å². The summed E-state index contributed by atoms with van der Waals surface area (Å²) in [5.41, 5.74) is 0.583. The first-order chi connectivity index (χ1) is 27.8. The summed E-state index contributed by atoms with van der Waals surface area (Å²) in [4.78, 5) is 58.9. The minimum Gasteiger partial charge on any atom is -0.386 e. The van der Waals surface area contributed by atoms with Crippen LogP contribution in [0.15, 0.2) is 37.0 Å². The predicted octanol–water partition coefficient (Wildman–Crippen LogP) is 8.22. The van der Waals surface area contributed by atoms with Crippen molar-refractivity contribution in [2.45, 2.75) is 164 Å². The molecule has 10 nitrogen and oxygen atoms in total. The number of amides is 4. The van der Waals surface area contributed by atoms with E-state index < -0.39 is 18.2 Å². The number of allylic oxidation sites excluding steroid dienone is 2. The van der Waals surface area contributed by atoms with E-state index in [2.05, 4.69) is 76.6 Å². The number of likely N-dealkylation sites (N-methyl/N-ethyl adjacent to an activating group) is 1. The third kappa shape index (κ3) is 17.3. The molecule has 2 rings (SSSR count). The van der Waals surface area contributed by atoms with Crippen molar-refractivity contribution in [2.24, 2.45) is 41.4 Å². The summed E-state index contributed by atoms with van der Waals surface area (Å²) in [5, 5.41) is 16.4. The van der Waals surface area contributed by atoms with E-state index in [1.54, 1.807) is 25.2 Å². The van der Waals surface area contributed by atoms with Crippen molar-refractivity contribution in [1.82, 2.24) is 25.3 Å². The number of rotatable bonds is 24. The summed E-state index contributed by atoms with van der Waals surface area (Å²) in [5.74, 6) is 1.85. The van der Waals surface area contributed by atoms with Gasteiger partial charge in [0.1, 0.15) is 6.04 Å². The Morgan fingerprint density at radius 1 is 0.949 bits per heavy atom. The Kier molecular flexibility index (Phi) is 28.3. The molecule has 4 unspecified atom stereocenters. The highest BCUT2D eigenvalue weighted by molar-refractivity contribution is 7.98. The molecule has 1 saturated carbocycles. The molecule has 0 spiro atoms. The molecule has 0 bridgehead atoms. The Hall–Kier alpha value is -2.63. The quantitative estimate of drug-likeness (QED) is 0.0662. The van der Waals surface area contributed by atoms with Crippen LogP contribution in [0, 0.1) is 41.4 Å². The van der Waals surface area contributed by atoms with Gasteiger partial charge >= 0.3 is 0 Å². The molecule has 59 heavy (non-hydrogen) atoms. The van der Waals surface area contributed by atoms with Crippen LogP contribution >= 0.6 is 11.8 Å². The van der Waals surface area contributed by atoms with E-state index >= 15 is 0 Å². The fourth-order valence-electron chi connectivity index (χ4n) is 8.39. The van der Waals surface area contributed by atoms with E-state index in [1.807, 2.05) is 70.2 Å². The van der Waals surface area contributed by atoms with Crippen LogP contribution < -0.4 is 10.6 Å². The molecule has 3 N–H and O–H groups in total. The summed E-state index contributed by atoms with van der Waals surface area (Å²) in [6.07, 6.45) is 12.8. The molecule has 1 heterocycles. The molecule has 342 valence electrons. The summed E-state index contributed by atoms with van der Waals surface area (Å²) in [7, 11) is 4.04. The van der Waals surface area contributed by atoms with Gasteiger partial charge in [0.15, 0.2) is 0 Å². The van der Waals surface area contributed by atoms with Gasteiger partial charge in [0.25, 0.3) is 0 Å². The monoisotopic (exact) mass is 848 g/mol. The zero-order valence-electron chi connectivity index (χ0n) is 40.1. The van der Waals surface area contributed by atoms with Crippen molar-refractivity contribution in [3.05, 3.63) is 37.0 Å². The van der Waals surface area contributed by atoms with Gasteiger partial charge in [0.2, 0.25) is 24.1 Å². The maximum Gasteiger partial charge on any atom is 0.245 e. The number of aliphatic hydroxyl groups excluding tert-OH is 1. The maximum absolute atomic E-state index is 14.2. The van der Waals surface area contributed by atoms with Crippen molar-refractivity contribution >= 4 is 35.9 Å². The first-order valence-corrected chi connectivity index (χ1v) is 24.1. The predicted molar refractivity (Wildman–Crippen MR) is 251 cm³/mol. The molecule has 1 aliphatic carbocycles. The zero-order chi connectivity index (χ0) is 45.6. The minimum atomic E-state index is -0.913. The molecule has 0 aromatic carbocycles. The fourth-order valence-corrected chi connectivity index (χ4v) is 8.86. The van der Waals surface area contributed by atoms with E-state index in [0.29, 0.717) is 36.9 Å². The van der Waals surface area contributed by atoms with Crippen molar-refractivity contribution in [3.63, 3.8) is 0 Å². The molecule has 0 aromatic heterocycles. The fraction of sp³-hybridized carbons (Fsp3) is 0.792. The Morgan fingerprint density at radius 3 is 2.02 bits per heavy atom. The van der Waals surface area contributed by atoms with Crippen LogP contribution in [-0.2, 0) is 19.2 Å². The van der Waals surface area contributed by atoms with E-state index in [-0.39, 0.29) is 59.4 Å². The smallest absolute Gasteiger partial charge is 0.245 e. The summed E-state index contributed by atoms with van der Waals surface area (Å²) in [6.45, 7) is 34.0. The van der Waals surface area contributed by atoms with Gasteiger partial charge in [-0.15, -0.1) is 0 Å². The molecule has 2 fully saturated rings. The van der Waals surface area contributed by atoms with Crippen LogP contribution in [0.2, 0.25) is 0 Å². The highest BCUT2D eigenvalue weighted by atomic mass is 32.2. The maximum atomic E-state index is 14.2. The molecule has 11 heteroatoms. The number of thioether (sulfide) groups is 1. The molecule has 1 aliphatic heterocycles. The summed E-state index contributed by atoms with van der Waals surface area (Å²) >= 11 is 1.92. The number of hydrogen-bond acceptors (Lipinski definition) is 7. The Morgan fingerprint density at radius 2 is 1.56 bits per heavy atom. The number of carbonyl (C=O) groups is 4. The first kappa shape index (κ1) is 56.4. The average molecular weight is 848 g/mol. The molecule has 0 radical (unpaired) electrons. The van der Waals surface area contributed by atoms with Crippen LogP contribution in [0.4, 0.5) is 0 Å². The standard InChI is InChI=1S/C37H62N4O5.C9H21NS.C2H6/c1-11-16-28(13-3)35(44)27(9)39-36(45)26(8)25(7)31-19-15-20-41(31)32(43)21-30(29-17-14-18-29)34(24(6)12-2)40(10)37(46)33(23(4)5)38-22-42;1-8(2)9(3)10(4)6-7-11-5;1-2/h11,13,16,22-27,29-31,33-35,44H,1,3,12,14-15,17-21H2,2,4-10H3,(H,38,42)(H,39,45);8-9H,6-7H2,1-5H3;1-2H3/b28-16+;;/t24-,25?,26+,27?,30?,31-,33-,34-,35+;;/m0../s1. The second-order valence-electron chi connectivity index (χ2n) is 17.6. The molecule has 0 aromatic rings. The molecule has 2 aliphatic rings. The largest absolute Gasteiger partial charge is 0.386 e. The van der Waals surface area contributed by atoms with Gasteiger partial charge in [0, 0.05) is 56.4 Å². The lowest BCUT2D eigenvalue weighted by Crippen LogP contribution is -2.56. The molecule has 1 saturated heterocycles. The number of carbonyl (C=O) groups excluding carboxylic acids is 4. The lowest BCUT2D eigenvalue weighted by Gasteiger charge is -2.46. The second kappa shape index (κ2) is 29.6. The lowest BCUT2D eigenvalue weighted by atomic mass is 9.68. The third-order valence-corrected chi connectivity index (χ3v) is 13.9. The lowest BCUT2D eigenvalue weighted by molar-refractivity contribution is -0.143. The van der Waals surface area contributed by atoms with E-state index in [4.69, 9.17) is 0 Å². The van der Waals surface area contributed by atoms with Gasteiger partial charge in [-0.25, -0.2) is 0 Å². The van der Waals surface area contributed by atoms with Crippen LogP contribution in [0.3, 0.4) is 0 Å². The summed E-state index contributed by atoms with van der Waals surface area (Å²) < 4.78 is 0. The molecule has 10 atom stereocenters. The van der Waals surface area contributed by atoms with E-state index in [1.165, 1.54) is 12.3 Å². The van der Waals surface area contributed by atoms with Gasteiger partial charge in [-0.1, -0.05) is 126 Å². The SMILES string of the molecule is C=C/C=C(\C=C)[C@H](O)C(C)NC(=O)[C@H](C)C(C)[C@@H]1CCCN1C(=O)CC(C1CCC1)[C@H]([C@@H](C)CC)N(C)C(=O)[C@@H](NC=O)C(C)C.CC.CSCCN(C)C(C)C(C)C. The number of nitrogens with zero attached hydrogens (tertiary/aromatic N) is 3. The Balaban J connectivity index is 0.00000223. The van der Waals surface area contributed by atoms with Gasteiger partial charge in [0.05, 0.1) is 12.1 Å². The summed E-state index contributed by atoms with van der Waals surface area (Å²) in [6, 6.07) is -0.628. The van der Waals surface area contributed by atoms with Crippen molar-refractivity contribution in [1.29, 1.82) is 0 Å². The minimum absolute atomic E-state index is 0.0106. The zero-order valence-corrected chi connectivity index (χ0v) is 40.9. The van der Waals surface area contributed by atoms with Gasteiger partial charge in [-0.2, -0.15) is 11.8 Å². The number of hydrogen-bond donors (Lipinski definition) is 3. The van der Waals surface area contributed by atoms with Crippen molar-refractivity contribution in [2.75, 3.05) is 39.2 Å². The van der Waals surface area contributed by atoms with Crippen molar-refractivity contribution in [3.8, 4) is 0 Å². The van der Waals surface area contributed by atoms with Gasteiger partial charge in [-0.05, 0) is 81.1 Å². The molecular weight excluding hydrogens is 759 g/mol. The first-order valence-electron chi connectivity index (χ1n) is 22.7. The normalized spacial score (nSPS) is 20.2. The average Bonchev–Trinajstić information content (AvgIpc) is 3.70. The third-order valence-electron chi connectivity index (χ3n) is 13.3. The highest BCUT2D eigenvalue weighted by Gasteiger charge is 2.44. The van der Waals surface area contributed by atoms with Crippen molar-refractivity contribution < 1.29 is 24.3 Å². The second-order valence-corrected chi connectivity index (χ2v) is 18.6. The number of nitrogens with one attached hydrogen (secondary N) is 2. The van der Waals surface area contributed by atoms with Gasteiger partial charge in [-0.3, -0.25) is 19.2 Å². The Bertz CT molecular complexity index is 1290. The highest BCUT2D eigenvalue weighted by Crippen LogP contribution is 2.42. The van der Waals surface area contributed by atoms with Crippen LogP contribution in [-0.4, -0.2) is 119 Å². The molecular formula is C48H89N5O5S. The topological polar surface area (TPSA) is 122 Å². The van der Waals surface area contributed by atoms with E-state index in [9.17, 15) is 24.3 Å². The van der Waals surface area contributed by atoms with Gasteiger partial charge < -0.3 is 30.4 Å². The van der Waals surface area contributed by atoms with Crippen LogP contribution in [0.5, 0.6) is 0 Å². The Labute approximate surface area is 366 Å². The van der Waals surface area contributed by atoms with Crippen LogP contribution in [0.25, 0.3) is 0 Å².